The van der Waals surface area contributed by atoms with Gasteiger partial charge in [0, 0.05) is 42.9 Å². The molecule has 1 saturated heterocycles. The number of rotatable bonds is 6. The molecule has 0 atom stereocenters. The first-order valence-electron chi connectivity index (χ1n) is 11.5. The van der Waals surface area contributed by atoms with Gasteiger partial charge in [0.15, 0.2) is 5.76 Å². The number of allylic oxidation sites excluding steroid dienone is 1. The molecule has 0 aliphatic carbocycles. The van der Waals surface area contributed by atoms with Gasteiger partial charge in [-0.15, -0.1) is 0 Å². The number of ketones is 1. The second-order valence-electron chi connectivity index (χ2n) is 8.68. The minimum absolute atomic E-state index is 0.105. The van der Waals surface area contributed by atoms with Gasteiger partial charge in [-0.25, -0.2) is 0 Å². The van der Waals surface area contributed by atoms with E-state index < -0.39 is 0 Å². The number of carbonyl (C=O) groups is 1. The molecule has 0 unspecified atom stereocenters. The lowest BCUT2D eigenvalue weighted by Gasteiger charge is -2.31. The van der Waals surface area contributed by atoms with Crippen LogP contribution < -0.4 is 14.2 Å². The number of nitrogens with zero attached hydrogens (tertiary/aromatic N) is 2. The van der Waals surface area contributed by atoms with Crippen molar-refractivity contribution in [3.05, 3.63) is 58.3 Å². The van der Waals surface area contributed by atoms with E-state index in [9.17, 15) is 4.79 Å². The van der Waals surface area contributed by atoms with Crippen molar-refractivity contribution in [2.75, 3.05) is 53.2 Å². The average Bonchev–Trinajstić information content (AvgIpc) is 3.15. The van der Waals surface area contributed by atoms with Crippen molar-refractivity contribution in [2.45, 2.75) is 19.9 Å². The van der Waals surface area contributed by atoms with E-state index in [2.05, 4.69) is 9.80 Å². The maximum absolute atomic E-state index is 13.2. The molecule has 3 aliphatic heterocycles. The molecule has 2 aromatic rings. The zero-order valence-electron chi connectivity index (χ0n) is 19.3. The van der Waals surface area contributed by atoms with Gasteiger partial charge >= 0.3 is 0 Å². The first-order chi connectivity index (χ1) is 16.1. The Bertz CT molecular complexity index is 1070. The van der Waals surface area contributed by atoms with Crippen molar-refractivity contribution in [3.8, 4) is 17.2 Å². The molecule has 7 nitrogen and oxygen atoms in total. The molecule has 0 N–H and O–H groups in total. The lowest BCUT2D eigenvalue weighted by atomic mass is 10.00. The van der Waals surface area contributed by atoms with Gasteiger partial charge in [0.05, 0.1) is 25.9 Å². The summed E-state index contributed by atoms with van der Waals surface area (Å²) >= 11 is 0. The Morgan fingerprint density at radius 2 is 1.88 bits per heavy atom. The van der Waals surface area contributed by atoms with Crippen molar-refractivity contribution in [2.24, 2.45) is 0 Å². The predicted molar refractivity (Wildman–Crippen MR) is 125 cm³/mol. The van der Waals surface area contributed by atoms with Gasteiger partial charge in [-0.2, -0.15) is 0 Å². The van der Waals surface area contributed by atoms with Gasteiger partial charge < -0.3 is 18.9 Å². The summed E-state index contributed by atoms with van der Waals surface area (Å²) in [5.74, 6) is 2.34. The van der Waals surface area contributed by atoms with E-state index >= 15 is 0 Å². The lowest BCUT2D eigenvalue weighted by Crippen LogP contribution is -2.39. The highest BCUT2D eigenvalue weighted by Crippen LogP contribution is 2.43. The van der Waals surface area contributed by atoms with Crippen molar-refractivity contribution < 1.29 is 23.7 Å². The number of Topliss-reactive ketones (excluding diaryl/α,β-unsaturated/α-hetero) is 1. The molecule has 174 valence electrons. The van der Waals surface area contributed by atoms with Gasteiger partial charge in [-0.1, -0.05) is 18.2 Å². The first kappa shape index (κ1) is 21.9. The maximum Gasteiger partial charge on any atom is 0.231 e. The van der Waals surface area contributed by atoms with Crippen molar-refractivity contribution in [1.29, 1.82) is 0 Å². The Morgan fingerprint density at radius 3 is 2.70 bits per heavy atom. The van der Waals surface area contributed by atoms with Gasteiger partial charge in [0.2, 0.25) is 5.78 Å². The maximum atomic E-state index is 13.2. The van der Waals surface area contributed by atoms with E-state index in [1.54, 1.807) is 13.2 Å². The molecule has 1 fully saturated rings. The predicted octanol–water partition coefficient (Wildman–Crippen LogP) is 3.49. The van der Waals surface area contributed by atoms with Crippen LogP contribution in [0.15, 0.2) is 36.1 Å². The molecule has 33 heavy (non-hydrogen) atoms. The fourth-order valence-corrected chi connectivity index (χ4v) is 4.71. The molecule has 5 rings (SSSR count). The first-order valence-corrected chi connectivity index (χ1v) is 11.5. The van der Waals surface area contributed by atoms with E-state index in [-0.39, 0.29) is 5.78 Å². The minimum Gasteiger partial charge on any atom is -0.496 e. The molecular formula is C26H30N2O5. The monoisotopic (exact) mass is 450 g/mol. The van der Waals surface area contributed by atoms with Crippen LogP contribution in [0.25, 0.3) is 6.08 Å². The number of para-hydroxylation sites is 1. The zero-order valence-corrected chi connectivity index (χ0v) is 19.3. The number of methoxy groups -OCH3 is 1. The fourth-order valence-electron chi connectivity index (χ4n) is 4.71. The molecule has 0 bridgehead atoms. The summed E-state index contributed by atoms with van der Waals surface area (Å²) in [5, 5.41) is 0. The Morgan fingerprint density at radius 1 is 1.09 bits per heavy atom. The topological polar surface area (TPSA) is 60.5 Å². The Balaban J connectivity index is 1.30. The van der Waals surface area contributed by atoms with Crippen LogP contribution in [0.5, 0.6) is 17.2 Å². The number of ether oxygens (including phenoxy) is 4. The van der Waals surface area contributed by atoms with E-state index in [4.69, 9.17) is 18.9 Å². The Labute approximate surface area is 194 Å². The molecule has 0 spiro atoms. The summed E-state index contributed by atoms with van der Waals surface area (Å²) in [6, 6.07) is 9.52. The standard InChI is InChI=1S/C26H30N2O5/c1-18-25-20(16-28(17-32-25)9-5-8-27-10-12-31-13-11-27)14-21-24(29)23(33-26(18)21)15-19-6-3-4-7-22(19)30-2/h3-4,6-7,14-15H,5,8-13,16-17H2,1-2H3/b23-15-. The second-order valence-corrected chi connectivity index (χ2v) is 8.68. The molecule has 2 aromatic carbocycles. The summed E-state index contributed by atoms with van der Waals surface area (Å²) in [6.45, 7) is 8.98. The molecule has 0 radical (unpaired) electrons. The number of hydrogen-bond acceptors (Lipinski definition) is 7. The molecule has 0 amide bonds. The van der Waals surface area contributed by atoms with Crippen LogP contribution in [0, 0.1) is 6.92 Å². The van der Waals surface area contributed by atoms with E-state index in [1.807, 2.05) is 37.3 Å². The third kappa shape index (κ3) is 4.49. The number of hydrogen-bond donors (Lipinski definition) is 0. The summed E-state index contributed by atoms with van der Waals surface area (Å²) in [6.07, 6.45) is 2.83. The second kappa shape index (κ2) is 9.55. The van der Waals surface area contributed by atoms with Crippen LogP contribution in [-0.2, 0) is 11.3 Å². The summed E-state index contributed by atoms with van der Waals surface area (Å²) in [7, 11) is 1.62. The number of benzene rings is 2. The summed E-state index contributed by atoms with van der Waals surface area (Å²) < 4.78 is 23.0. The Kier molecular flexibility index (Phi) is 6.35. The Hall–Kier alpha value is -2.87. The van der Waals surface area contributed by atoms with Crippen molar-refractivity contribution in [3.63, 3.8) is 0 Å². The highest BCUT2D eigenvalue weighted by molar-refractivity contribution is 6.15. The molecule has 0 saturated carbocycles. The van der Waals surface area contributed by atoms with Gasteiger partial charge in [-0.05, 0) is 38.1 Å². The van der Waals surface area contributed by atoms with Crippen LogP contribution >= 0.6 is 0 Å². The molecule has 7 heteroatoms. The molecule has 3 heterocycles. The molecular weight excluding hydrogens is 420 g/mol. The smallest absolute Gasteiger partial charge is 0.231 e. The van der Waals surface area contributed by atoms with Gasteiger partial charge in [-0.3, -0.25) is 14.6 Å². The third-order valence-corrected chi connectivity index (χ3v) is 6.48. The van der Waals surface area contributed by atoms with Crippen LogP contribution in [-0.4, -0.2) is 68.8 Å². The summed E-state index contributed by atoms with van der Waals surface area (Å²) in [5.41, 5.74) is 3.33. The zero-order chi connectivity index (χ0) is 22.8. The van der Waals surface area contributed by atoms with Crippen LogP contribution in [0.4, 0.5) is 0 Å². The molecule has 0 aromatic heterocycles. The number of fused-ring (bicyclic) bond motifs is 2. The quantitative estimate of drug-likeness (QED) is 0.625. The SMILES string of the molecule is COc1ccccc1/C=C1\Oc2c(cc3c(c2C)OCN(CCCN2CCOCC2)C3)C1=O. The van der Waals surface area contributed by atoms with Crippen LogP contribution in [0.1, 0.15) is 33.5 Å². The average molecular weight is 451 g/mol. The normalized spacial score (nSPS) is 19.7. The highest BCUT2D eigenvalue weighted by atomic mass is 16.5. The van der Waals surface area contributed by atoms with E-state index in [0.717, 1.165) is 74.8 Å². The number of morpholine rings is 1. The van der Waals surface area contributed by atoms with Gasteiger partial charge in [0.1, 0.15) is 24.0 Å². The van der Waals surface area contributed by atoms with E-state index in [1.165, 1.54) is 0 Å². The van der Waals surface area contributed by atoms with Crippen LogP contribution in [0.2, 0.25) is 0 Å². The minimum atomic E-state index is -0.105. The van der Waals surface area contributed by atoms with Crippen molar-refractivity contribution in [1.82, 2.24) is 9.80 Å². The number of carbonyl (C=O) groups excluding carboxylic acids is 1. The van der Waals surface area contributed by atoms with Crippen LogP contribution in [0.3, 0.4) is 0 Å². The van der Waals surface area contributed by atoms with Crippen molar-refractivity contribution >= 4 is 11.9 Å². The van der Waals surface area contributed by atoms with Gasteiger partial charge in [0.25, 0.3) is 0 Å². The summed E-state index contributed by atoms with van der Waals surface area (Å²) in [4.78, 5) is 17.9. The van der Waals surface area contributed by atoms with E-state index in [0.29, 0.717) is 29.6 Å². The molecule has 3 aliphatic rings. The largest absolute Gasteiger partial charge is 0.496 e. The fraction of sp³-hybridized carbons (Fsp3) is 0.423. The highest BCUT2D eigenvalue weighted by Gasteiger charge is 2.33. The third-order valence-electron chi connectivity index (χ3n) is 6.48. The lowest BCUT2D eigenvalue weighted by molar-refractivity contribution is 0.0329.